The molecule has 0 saturated heterocycles. The van der Waals surface area contributed by atoms with E-state index >= 15 is 0 Å². The maximum atomic E-state index is 9.02. The van der Waals surface area contributed by atoms with Gasteiger partial charge in [-0.1, -0.05) is 42.1 Å². The third kappa shape index (κ3) is 3.05. The fourth-order valence-electron chi connectivity index (χ4n) is 2.06. The van der Waals surface area contributed by atoms with E-state index in [1.807, 2.05) is 54.0 Å². The van der Waals surface area contributed by atoms with E-state index in [1.165, 1.54) is 11.8 Å². The minimum absolute atomic E-state index is 0.192. The van der Waals surface area contributed by atoms with Crippen molar-refractivity contribution in [2.24, 2.45) is 0 Å². The van der Waals surface area contributed by atoms with E-state index in [4.69, 9.17) is 9.68 Å². The van der Waals surface area contributed by atoms with Gasteiger partial charge >= 0.3 is 0 Å². The normalized spacial score (nSPS) is 12.0. The van der Waals surface area contributed by atoms with Crippen LogP contribution in [0.5, 0.6) is 0 Å². The molecule has 3 aromatic rings. The van der Waals surface area contributed by atoms with Crippen molar-refractivity contribution in [3.8, 4) is 17.7 Å². The Balaban J connectivity index is 1.99. The molecule has 110 valence electrons. The SMILES string of the molecule is CC(C#N)Sc1nnc(-c2ccco2)n1Cc1ccccc1. The molecule has 0 spiro atoms. The molecule has 0 aliphatic rings. The van der Waals surface area contributed by atoms with Gasteiger partial charge in [-0.15, -0.1) is 10.2 Å². The van der Waals surface area contributed by atoms with Gasteiger partial charge in [0.05, 0.1) is 24.1 Å². The Morgan fingerprint density at radius 2 is 2.05 bits per heavy atom. The number of nitrogens with zero attached hydrogens (tertiary/aromatic N) is 4. The number of benzene rings is 1. The summed E-state index contributed by atoms with van der Waals surface area (Å²) in [4.78, 5) is 0. The molecule has 0 fully saturated rings. The first-order chi connectivity index (χ1) is 10.8. The van der Waals surface area contributed by atoms with Crippen LogP contribution in [0, 0.1) is 11.3 Å². The van der Waals surface area contributed by atoms with Gasteiger partial charge in [-0.3, -0.25) is 4.57 Å². The molecule has 2 heterocycles. The van der Waals surface area contributed by atoms with Gasteiger partial charge < -0.3 is 4.42 Å². The average molecular weight is 310 g/mol. The van der Waals surface area contributed by atoms with Crippen LogP contribution in [0.25, 0.3) is 11.6 Å². The van der Waals surface area contributed by atoms with Crippen molar-refractivity contribution in [3.05, 3.63) is 54.3 Å². The maximum absolute atomic E-state index is 9.02. The zero-order chi connectivity index (χ0) is 15.4. The molecule has 1 aromatic carbocycles. The van der Waals surface area contributed by atoms with Gasteiger partial charge in [0, 0.05) is 0 Å². The highest BCUT2D eigenvalue weighted by atomic mass is 32.2. The summed E-state index contributed by atoms with van der Waals surface area (Å²) in [5.74, 6) is 1.33. The first-order valence-corrected chi connectivity index (χ1v) is 7.73. The number of rotatable bonds is 5. The van der Waals surface area contributed by atoms with E-state index < -0.39 is 0 Å². The molecule has 0 bridgehead atoms. The third-order valence-corrected chi connectivity index (χ3v) is 4.08. The zero-order valence-corrected chi connectivity index (χ0v) is 12.8. The third-order valence-electron chi connectivity index (χ3n) is 3.11. The summed E-state index contributed by atoms with van der Waals surface area (Å²) in [6.07, 6.45) is 1.61. The van der Waals surface area contributed by atoms with E-state index in [2.05, 4.69) is 16.3 Å². The Hall–Kier alpha value is -2.52. The highest BCUT2D eigenvalue weighted by Crippen LogP contribution is 2.27. The molecular weight excluding hydrogens is 296 g/mol. The standard InChI is InChI=1S/C16H14N4OS/c1-12(10-17)22-16-19-18-15(14-8-5-9-21-14)20(16)11-13-6-3-2-4-7-13/h2-9,12H,11H2,1H3. The summed E-state index contributed by atoms with van der Waals surface area (Å²) >= 11 is 1.39. The van der Waals surface area contributed by atoms with Gasteiger partial charge in [0.1, 0.15) is 0 Å². The monoisotopic (exact) mass is 310 g/mol. The molecule has 2 aromatic heterocycles. The van der Waals surface area contributed by atoms with Crippen molar-refractivity contribution in [1.82, 2.24) is 14.8 Å². The summed E-state index contributed by atoms with van der Waals surface area (Å²) in [6.45, 7) is 2.48. The highest BCUT2D eigenvalue weighted by Gasteiger charge is 2.18. The fraction of sp³-hybridized carbons (Fsp3) is 0.188. The minimum atomic E-state index is -0.192. The molecule has 0 aliphatic carbocycles. The van der Waals surface area contributed by atoms with Crippen molar-refractivity contribution >= 4 is 11.8 Å². The Labute approximate surface area is 132 Å². The number of furan rings is 1. The molecule has 0 amide bonds. The van der Waals surface area contributed by atoms with Crippen LogP contribution >= 0.6 is 11.8 Å². The van der Waals surface area contributed by atoms with Crippen LogP contribution in [0.3, 0.4) is 0 Å². The average Bonchev–Trinajstić information content (AvgIpc) is 3.19. The summed E-state index contributed by atoms with van der Waals surface area (Å²) in [6, 6.07) is 16.0. The molecule has 1 unspecified atom stereocenters. The van der Waals surface area contributed by atoms with Crippen LogP contribution in [-0.4, -0.2) is 20.0 Å². The fourth-order valence-corrected chi connectivity index (χ4v) is 2.79. The van der Waals surface area contributed by atoms with Crippen molar-refractivity contribution in [2.75, 3.05) is 0 Å². The number of nitriles is 1. The van der Waals surface area contributed by atoms with Gasteiger partial charge in [-0.05, 0) is 24.6 Å². The Morgan fingerprint density at radius 1 is 1.23 bits per heavy atom. The number of thioether (sulfide) groups is 1. The minimum Gasteiger partial charge on any atom is -0.461 e. The van der Waals surface area contributed by atoms with E-state index in [0.29, 0.717) is 23.3 Å². The van der Waals surface area contributed by atoms with Crippen LogP contribution in [-0.2, 0) is 6.54 Å². The molecular formula is C16H14N4OS. The Kier molecular flexibility index (Phi) is 4.26. The highest BCUT2D eigenvalue weighted by molar-refractivity contribution is 8.00. The number of aromatic nitrogens is 3. The lowest BCUT2D eigenvalue weighted by Gasteiger charge is -2.09. The Bertz CT molecular complexity index is 774. The van der Waals surface area contributed by atoms with Crippen LogP contribution in [0.1, 0.15) is 12.5 Å². The molecule has 5 nitrogen and oxygen atoms in total. The van der Waals surface area contributed by atoms with Gasteiger partial charge in [0.25, 0.3) is 0 Å². The molecule has 3 rings (SSSR count). The smallest absolute Gasteiger partial charge is 0.200 e. The van der Waals surface area contributed by atoms with E-state index in [0.717, 1.165) is 5.56 Å². The summed E-state index contributed by atoms with van der Waals surface area (Å²) < 4.78 is 7.42. The molecule has 0 radical (unpaired) electrons. The van der Waals surface area contributed by atoms with Crippen LogP contribution < -0.4 is 0 Å². The lowest BCUT2D eigenvalue weighted by Crippen LogP contribution is -2.05. The van der Waals surface area contributed by atoms with E-state index in [1.54, 1.807) is 6.26 Å². The zero-order valence-electron chi connectivity index (χ0n) is 12.0. The lowest BCUT2D eigenvalue weighted by molar-refractivity contribution is 0.569. The molecule has 22 heavy (non-hydrogen) atoms. The second kappa shape index (κ2) is 6.50. The largest absolute Gasteiger partial charge is 0.461 e. The van der Waals surface area contributed by atoms with E-state index in [9.17, 15) is 0 Å². The van der Waals surface area contributed by atoms with Crippen molar-refractivity contribution in [1.29, 1.82) is 5.26 Å². The second-order valence-electron chi connectivity index (χ2n) is 4.74. The second-order valence-corrected chi connectivity index (χ2v) is 6.05. The molecule has 0 saturated carbocycles. The van der Waals surface area contributed by atoms with Gasteiger partial charge in [0.15, 0.2) is 10.9 Å². The van der Waals surface area contributed by atoms with Gasteiger partial charge in [-0.25, -0.2) is 0 Å². The van der Waals surface area contributed by atoms with Gasteiger partial charge in [0.2, 0.25) is 5.82 Å². The van der Waals surface area contributed by atoms with Crippen molar-refractivity contribution in [2.45, 2.75) is 23.9 Å². The van der Waals surface area contributed by atoms with Crippen LogP contribution in [0.4, 0.5) is 0 Å². The topological polar surface area (TPSA) is 67.6 Å². The molecule has 1 atom stereocenters. The first-order valence-electron chi connectivity index (χ1n) is 6.85. The van der Waals surface area contributed by atoms with Crippen molar-refractivity contribution < 1.29 is 4.42 Å². The summed E-state index contributed by atoms with van der Waals surface area (Å²) in [5, 5.41) is 18.0. The molecule has 0 aliphatic heterocycles. The predicted molar refractivity (Wildman–Crippen MR) is 84.2 cm³/mol. The molecule has 0 N–H and O–H groups in total. The maximum Gasteiger partial charge on any atom is 0.200 e. The van der Waals surface area contributed by atoms with Crippen molar-refractivity contribution in [3.63, 3.8) is 0 Å². The Morgan fingerprint density at radius 3 is 2.73 bits per heavy atom. The molecule has 6 heteroatoms. The quantitative estimate of drug-likeness (QED) is 0.674. The lowest BCUT2D eigenvalue weighted by atomic mass is 10.2. The van der Waals surface area contributed by atoms with Crippen LogP contribution in [0.2, 0.25) is 0 Å². The van der Waals surface area contributed by atoms with Crippen LogP contribution in [0.15, 0.2) is 58.3 Å². The first kappa shape index (κ1) is 14.4. The number of hydrogen-bond donors (Lipinski definition) is 0. The predicted octanol–water partition coefficient (Wildman–Crippen LogP) is 3.59. The number of hydrogen-bond acceptors (Lipinski definition) is 5. The summed E-state index contributed by atoms with van der Waals surface area (Å²) in [7, 11) is 0. The van der Waals surface area contributed by atoms with E-state index in [-0.39, 0.29) is 5.25 Å². The summed E-state index contributed by atoms with van der Waals surface area (Å²) in [5.41, 5.74) is 1.14. The van der Waals surface area contributed by atoms with Gasteiger partial charge in [-0.2, -0.15) is 5.26 Å².